The van der Waals surface area contributed by atoms with Crippen LogP contribution in [0.3, 0.4) is 0 Å². The fraction of sp³-hybridized carbons (Fsp3) is 0.611. The van der Waals surface area contributed by atoms with Gasteiger partial charge in [-0.25, -0.2) is 4.79 Å². The minimum Gasteiger partial charge on any atom is -0.480 e. The molecule has 2 N–H and O–H groups in total. The molecule has 0 amide bonds. The number of carbonyl (C=O) groups is 1. The summed E-state index contributed by atoms with van der Waals surface area (Å²) < 4.78 is 0. The molecular formula is C18H29NO3. The van der Waals surface area contributed by atoms with Gasteiger partial charge in [0.25, 0.3) is 0 Å². The number of para-hydroxylation sites is 1. The van der Waals surface area contributed by atoms with E-state index in [1.807, 2.05) is 42.3 Å². The summed E-state index contributed by atoms with van der Waals surface area (Å²) in [5.41, 5.74) is 0.943. The second-order valence-electron chi connectivity index (χ2n) is 5.79. The quantitative estimate of drug-likeness (QED) is 0.578. The second kappa shape index (κ2) is 11.1. The maximum Gasteiger partial charge on any atom is 0.326 e. The van der Waals surface area contributed by atoms with E-state index in [1.165, 1.54) is 6.42 Å². The van der Waals surface area contributed by atoms with E-state index >= 15 is 0 Å². The highest BCUT2D eigenvalue weighted by atomic mass is 16.4. The number of unbranched alkanes of at least 4 members (excludes halogenated alkanes) is 6. The zero-order chi connectivity index (χ0) is 16.2. The maximum absolute atomic E-state index is 11.5. The number of aliphatic hydroxyl groups is 1. The molecule has 0 heterocycles. The number of nitrogens with zero attached hydrogens (tertiary/aromatic N) is 1. The van der Waals surface area contributed by atoms with Gasteiger partial charge in [0.1, 0.15) is 6.04 Å². The Bertz CT molecular complexity index is 408. The van der Waals surface area contributed by atoms with E-state index < -0.39 is 12.0 Å². The number of anilines is 1. The predicted octanol–water partition coefficient (Wildman–Crippen LogP) is 3.69. The molecule has 0 aromatic heterocycles. The number of hydrogen-bond acceptors (Lipinski definition) is 3. The molecule has 22 heavy (non-hydrogen) atoms. The monoisotopic (exact) mass is 307 g/mol. The lowest BCUT2D eigenvalue weighted by molar-refractivity contribution is -0.138. The lowest BCUT2D eigenvalue weighted by Gasteiger charge is -2.26. The van der Waals surface area contributed by atoms with Gasteiger partial charge in [-0.15, -0.1) is 0 Å². The van der Waals surface area contributed by atoms with Crippen LogP contribution in [0, 0.1) is 0 Å². The van der Waals surface area contributed by atoms with Gasteiger partial charge in [0.15, 0.2) is 0 Å². The average molecular weight is 307 g/mol. The summed E-state index contributed by atoms with van der Waals surface area (Å²) in [6.45, 7) is 0.284. The molecule has 4 heteroatoms. The molecule has 0 fully saturated rings. The van der Waals surface area contributed by atoms with Crippen LogP contribution in [-0.4, -0.2) is 35.9 Å². The Morgan fingerprint density at radius 3 is 2.09 bits per heavy atom. The third kappa shape index (κ3) is 6.94. The summed E-state index contributed by atoms with van der Waals surface area (Å²) in [5.74, 6) is -0.755. The van der Waals surface area contributed by atoms with E-state index in [4.69, 9.17) is 5.11 Å². The highest BCUT2D eigenvalue weighted by molar-refractivity contribution is 5.78. The molecular weight excluding hydrogens is 278 g/mol. The Morgan fingerprint density at radius 1 is 1.00 bits per heavy atom. The van der Waals surface area contributed by atoms with Crippen molar-refractivity contribution in [1.29, 1.82) is 0 Å². The van der Waals surface area contributed by atoms with E-state index in [1.54, 1.807) is 0 Å². The van der Waals surface area contributed by atoms with Gasteiger partial charge in [-0.2, -0.15) is 0 Å². The number of carboxylic acids is 1. The van der Waals surface area contributed by atoms with Crippen LogP contribution >= 0.6 is 0 Å². The summed E-state index contributed by atoms with van der Waals surface area (Å²) in [6.07, 6.45) is 8.15. The number of carboxylic acid groups (broad SMARTS) is 1. The Morgan fingerprint density at radius 2 is 1.55 bits per heavy atom. The number of benzene rings is 1. The molecule has 0 aliphatic heterocycles. The highest BCUT2D eigenvalue weighted by Crippen LogP contribution is 2.19. The normalized spacial score (nSPS) is 12.1. The third-order valence-electron chi connectivity index (χ3n) is 4.05. The Kier molecular flexibility index (Phi) is 9.31. The van der Waals surface area contributed by atoms with Crippen molar-refractivity contribution in [3.05, 3.63) is 30.3 Å². The molecule has 1 rings (SSSR count). The topological polar surface area (TPSA) is 60.8 Å². The molecule has 4 nitrogen and oxygen atoms in total. The van der Waals surface area contributed by atoms with Gasteiger partial charge in [0.05, 0.1) is 0 Å². The Hall–Kier alpha value is -1.55. The van der Waals surface area contributed by atoms with Crippen LogP contribution in [0.2, 0.25) is 0 Å². The van der Waals surface area contributed by atoms with E-state index in [9.17, 15) is 9.90 Å². The van der Waals surface area contributed by atoms with Crippen molar-refractivity contribution >= 4 is 11.7 Å². The SMILES string of the molecule is CN(c1ccccc1)C(CCCCCCCCCO)C(=O)O. The summed E-state index contributed by atoms with van der Waals surface area (Å²) in [7, 11) is 1.85. The summed E-state index contributed by atoms with van der Waals surface area (Å²) >= 11 is 0. The fourth-order valence-electron chi connectivity index (χ4n) is 2.66. The van der Waals surface area contributed by atoms with Crippen LogP contribution in [0.5, 0.6) is 0 Å². The summed E-state index contributed by atoms with van der Waals surface area (Å²) in [5, 5.41) is 18.1. The first-order valence-corrected chi connectivity index (χ1v) is 8.28. The zero-order valence-corrected chi connectivity index (χ0v) is 13.6. The van der Waals surface area contributed by atoms with Crippen molar-refractivity contribution in [3.63, 3.8) is 0 Å². The van der Waals surface area contributed by atoms with Crippen LogP contribution < -0.4 is 4.90 Å². The second-order valence-corrected chi connectivity index (χ2v) is 5.79. The van der Waals surface area contributed by atoms with Crippen molar-refractivity contribution in [2.24, 2.45) is 0 Å². The minimum absolute atomic E-state index is 0.284. The number of rotatable bonds is 12. The molecule has 1 aromatic rings. The molecule has 1 unspecified atom stereocenters. The van der Waals surface area contributed by atoms with E-state index in [-0.39, 0.29) is 6.61 Å². The van der Waals surface area contributed by atoms with Crippen molar-refractivity contribution in [2.45, 2.75) is 57.4 Å². The largest absolute Gasteiger partial charge is 0.480 e. The molecule has 0 radical (unpaired) electrons. The predicted molar refractivity (Wildman–Crippen MR) is 90.3 cm³/mol. The third-order valence-corrected chi connectivity index (χ3v) is 4.05. The fourth-order valence-corrected chi connectivity index (χ4v) is 2.66. The van der Waals surface area contributed by atoms with Crippen molar-refractivity contribution in [1.82, 2.24) is 0 Å². The first-order chi connectivity index (χ1) is 10.7. The molecule has 0 saturated heterocycles. The van der Waals surface area contributed by atoms with E-state index in [2.05, 4.69) is 0 Å². The van der Waals surface area contributed by atoms with Crippen LogP contribution in [0.4, 0.5) is 5.69 Å². The molecule has 0 aliphatic carbocycles. The van der Waals surface area contributed by atoms with Gasteiger partial charge in [0.2, 0.25) is 0 Å². The molecule has 0 aliphatic rings. The molecule has 0 spiro atoms. The lowest BCUT2D eigenvalue weighted by atomic mass is 10.0. The van der Waals surface area contributed by atoms with Crippen molar-refractivity contribution in [3.8, 4) is 0 Å². The van der Waals surface area contributed by atoms with Crippen LogP contribution in [0.1, 0.15) is 51.4 Å². The smallest absolute Gasteiger partial charge is 0.326 e. The molecule has 1 atom stereocenters. The number of hydrogen-bond donors (Lipinski definition) is 2. The van der Waals surface area contributed by atoms with Crippen molar-refractivity contribution < 1.29 is 15.0 Å². The van der Waals surface area contributed by atoms with E-state index in [0.717, 1.165) is 44.2 Å². The summed E-state index contributed by atoms with van der Waals surface area (Å²) in [6, 6.07) is 9.21. The Balaban J connectivity index is 2.29. The lowest BCUT2D eigenvalue weighted by Crippen LogP contribution is -2.38. The standard InChI is InChI=1S/C18H29NO3/c1-19(16-12-8-7-9-13-16)17(18(21)22)14-10-5-3-2-4-6-11-15-20/h7-9,12-13,17,20H,2-6,10-11,14-15H2,1H3,(H,21,22). The number of likely N-dealkylation sites (N-methyl/N-ethyl adjacent to an activating group) is 1. The van der Waals surface area contributed by atoms with Gasteiger partial charge in [0, 0.05) is 19.3 Å². The molecule has 0 saturated carbocycles. The van der Waals surface area contributed by atoms with Gasteiger partial charge in [-0.3, -0.25) is 0 Å². The first-order valence-electron chi connectivity index (χ1n) is 8.28. The maximum atomic E-state index is 11.5. The summed E-state index contributed by atoms with van der Waals surface area (Å²) in [4.78, 5) is 13.3. The number of aliphatic carboxylic acids is 1. The van der Waals surface area contributed by atoms with Crippen LogP contribution in [-0.2, 0) is 4.79 Å². The highest BCUT2D eigenvalue weighted by Gasteiger charge is 2.22. The minimum atomic E-state index is -0.755. The van der Waals surface area contributed by atoms with Gasteiger partial charge in [-0.05, 0) is 25.0 Å². The molecule has 124 valence electrons. The van der Waals surface area contributed by atoms with Gasteiger partial charge >= 0.3 is 5.97 Å². The van der Waals surface area contributed by atoms with Crippen LogP contribution in [0.15, 0.2) is 30.3 Å². The van der Waals surface area contributed by atoms with Crippen LogP contribution in [0.25, 0.3) is 0 Å². The first kappa shape index (κ1) is 18.5. The Labute approximate surface area is 133 Å². The van der Waals surface area contributed by atoms with Gasteiger partial charge in [-0.1, -0.05) is 56.7 Å². The zero-order valence-electron chi connectivity index (χ0n) is 13.6. The number of aliphatic hydroxyl groups excluding tert-OH is 1. The molecule has 1 aromatic carbocycles. The van der Waals surface area contributed by atoms with Crippen molar-refractivity contribution in [2.75, 3.05) is 18.6 Å². The van der Waals surface area contributed by atoms with E-state index in [0.29, 0.717) is 6.42 Å². The molecule has 0 bridgehead atoms. The average Bonchev–Trinajstić information content (AvgIpc) is 2.53. The van der Waals surface area contributed by atoms with Gasteiger partial charge < -0.3 is 15.1 Å².